The minimum absolute atomic E-state index is 0.00906. The lowest BCUT2D eigenvalue weighted by molar-refractivity contribution is -0.118. The quantitative estimate of drug-likeness (QED) is 0.602. The highest BCUT2D eigenvalue weighted by Crippen LogP contribution is 2.37. The third-order valence-electron chi connectivity index (χ3n) is 4.12. The molecule has 2 aliphatic rings. The summed E-state index contributed by atoms with van der Waals surface area (Å²) in [5, 5.41) is 5.88. The van der Waals surface area contributed by atoms with Gasteiger partial charge in [-0.3, -0.25) is 9.69 Å². The summed E-state index contributed by atoms with van der Waals surface area (Å²) in [6.45, 7) is 4.42. The van der Waals surface area contributed by atoms with Gasteiger partial charge in [0, 0.05) is 51.4 Å². The zero-order valence-corrected chi connectivity index (χ0v) is 14.8. The highest BCUT2D eigenvalue weighted by atomic mass is 32.2. The van der Waals surface area contributed by atoms with Crippen LogP contribution in [-0.4, -0.2) is 72.2 Å². The molecule has 0 radical (unpaired) electrons. The van der Waals surface area contributed by atoms with E-state index >= 15 is 0 Å². The SMILES string of the molecule is COc1cc2c(cc1S(=O)(=O)NCCN1CCNCC1)OCC(=O)N2. The first kappa shape index (κ1) is 17.9. The zero-order valence-electron chi connectivity index (χ0n) is 14.0. The number of fused-ring (bicyclic) bond motifs is 1. The Morgan fingerprint density at radius 1 is 1.32 bits per heavy atom. The number of anilines is 1. The number of benzene rings is 1. The van der Waals surface area contributed by atoms with Crippen LogP contribution in [0.1, 0.15) is 0 Å². The van der Waals surface area contributed by atoms with Crippen molar-refractivity contribution in [1.82, 2.24) is 14.9 Å². The maximum Gasteiger partial charge on any atom is 0.262 e. The van der Waals surface area contributed by atoms with E-state index in [0.29, 0.717) is 24.5 Å². The van der Waals surface area contributed by atoms with Gasteiger partial charge < -0.3 is 20.1 Å². The van der Waals surface area contributed by atoms with Gasteiger partial charge in [0.2, 0.25) is 10.0 Å². The lowest BCUT2D eigenvalue weighted by atomic mass is 10.2. The summed E-state index contributed by atoms with van der Waals surface area (Å²) in [5.41, 5.74) is 0.396. The summed E-state index contributed by atoms with van der Waals surface area (Å²) < 4.78 is 38.4. The molecule has 0 spiro atoms. The van der Waals surface area contributed by atoms with Crippen LogP contribution in [0.15, 0.2) is 17.0 Å². The summed E-state index contributed by atoms with van der Waals surface area (Å²) in [5.74, 6) is 0.168. The number of carbonyl (C=O) groups is 1. The Morgan fingerprint density at radius 3 is 2.80 bits per heavy atom. The van der Waals surface area contributed by atoms with E-state index in [9.17, 15) is 13.2 Å². The van der Waals surface area contributed by atoms with Gasteiger partial charge in [-0.15, -0.1) is 0 Å². The molecule has 0 atom stereocenters. The molecule has 138 valence electrons. The number of sulfonamides is 1. The number of piperazine rings is 1. The minimum Gasteiger partial charge on any atom is -0.495 e. The Morgan fingerprint density at radius 2 is 2.08 bits per heavy atom. The molecule has 1 aromatic carbocycles. The maximum atomic E-state index is 12.6. The van der Waals surface area contributed by atoms with E-state index in [1.54, 1.807) is 0 Å². The molecule has 0 saturated carbocycles. The lowest BCUT2D eigenvalue weighted by Crippen LogP contribution is -2.46. The van der Waals surface area contributed by atoms with Crippen molar-refractivity contribution in [3.8, 4) is 11.5 Å². The van der Waals surface area contributed by atoms with E-state index in [1.807, 2.05) is 0 Å². The molecule has 9 nitrogen and oxygen atoms in total. The first-order valence-electron chi connectivity index (χ1n) is 8.07. The average Bonchev–Trinajstić information content (AvgIpc) is 2.61. The van der Waals surface area contributed by atoms with Crippen molar-refractivity contribution in [2.45, 2.75) is 4.90 Å². The predicted octanol–water partition coefficient (Wildman–Crippen LogP) is -0.790. The number of amides is 1. The Bertz CT molecular complexity index is 747. The third kappa shape index (κ3) is 4.21. The van der Waals surface area contributed by atoms with Crippen molar-refractivity contribution < 1.29 is 22.7 Å². The van der Waals surface area contributed by atoms with Crippen molar-refractivity contribution >= 4 is 21.6 Å². The van der Waals surface area contributed by atoms with Crippen LogP contribution >= 0.6 is 0 Å². The maximum absolute atomic E-state index is 12.6. The fraction of sp³-hybridized carbons (Fsp3) is 0.533. The summed E-state index contributed by atoms with van der Waals surface area (Å²) in [7, 11) is -2.38. The van der Waals surface area contributed by atoms with Gasteiger partial charge in [0.15, 0.2) is 6.61 Å². The van der Waals surface area contributed by atoms with Gasteiger partial charge in [-0.05, 0) is 0 Å². The molecule has 0 aliphatic carbocycles. The van der Waals surface area contributed by atoms with Gasteiger partial charge in [0.05, 0.1) is 12.8 Å². The largest absolute Gasteiger partial charge is 0.495 e. The number of nitrogens with one attached hydrogen (secondary N) is 3. The number of ether oxygens (including phenoxy) is 2. The fourth-order valence-electron chi connectivity index (χ4n) is 2.81. The lowest BCUT2D eigenvalue weighted by Gasteiger charge is -2.27. The number of nitrogens with zero attached hydrogens (tertiary/aromatic N) is 1. The van der Waals surface area contributed by atoms with Crippen LogP contribution in [-0.2, 0) is 14.8 Å². The monoisotopic (exact) mass is 370 g/mol. The van der Waals surface area contributed by atoms with Crippen LogP contribution in [0.25, 0.3) is 0 Å². The molecule has 0 bridgehead atoms. The first-order valence-corrected chi connectivity index (χ1v) is 9.55. The van der Waals surface area contributed by atoms with Crippen LogP contribution in [0.2, 0.25) is 0 Å². The summed E-state index contributed by atoms with van der Waals surface area (Å²) >= 11 is 0. The number of hydrogen-bond donors (Lipinski definition) is 3. The highest BCUT2D eigenvalue weighted by molar-refractivity contribution is 7.89. The van der Waals surface area contributed by atoms with E-state index in [1.165, 1.54) is 19.2 Å². The molecule has 10 heteroatoms. The molecule has 3 N–H and O–H groups in total. The van der Waals surface area contributed by atoms with Gasteiger partial charge >= 0.3 is 0 Å². The molecular formula is C15H22N4O5S. The van der Waals surface area contributed by atoms with Crippen molar-refractivity contribution in [3.63, 3.8) is 0 Å². The van der Waals surface area contributed by atoms with Gasteiger partial charge in [0.25, 0.3) is 5.91 Å². The van der Waals surface area contributed by atoms with Crippen molar-refractivity contribution in [2.24, 2.45) is 0 Å². The molecule has 1 amide bonds. The van der Waals surface area contributed by atoms with Crippen LogP contribution in [0.4, 0.5) is 5.69 Å². The first-order chi connectivity index (χ1) is 12.0. The van der Waals surface area contributed by atoms with Crippen molar-refractivity contribution in [2.75, 3.05) is 58.3 Å². The molecule has 0 unspecified atom stereocenters. The summed E-state index contributed by atoms with van der Waals surface area (Å²) in [6, 6.07) is 2.83. The van der Waals surface area contributed by atoms with E-state index in [0.717, 1.165) is 26.2 Å². The smallest absolute Gasteiger partial charge is 0.262 e. The Kier molecular flexibility index (Phi) is 5.42. The van der Waals surface area contributed by atoms with Crippen LogP contribution in [0.5, 0.6) is 11.5 Å². The summed E-state index contributed by atoms with van der Waals surface area (Å²) in [4.78, 5) is 13.6. The Hall–Kier alpha value is -1.88. The predicted molar refractivity (Wildman–Crippen MR) is 91.6 cm³/mol. The summed E-state index contributed by atoms with van der Waals surface area (Å²) in [6.07, 6.45) is 0. The van der Waals surface area contributed by atoms with Crippen LogP contribution in [0, 0.1) is 0 Å². The molecule has 2 heterocycles. The van der Waals surface area contributed by atoms with Gasteiger partial charge in [0.1, 0.15) is 16.4 Å². The number of rotatable bonds is 6. The van der Waals surface area contributed by atoms with E-state index in [4.69, 9.17) is 9.47 Å². The van der Waals surface area contributed by atoms with Crippen molar-refractivity contribution in [3.05, 3.63) is 12.1 Å². The standard InChI is InChI=1S/C15H22N4O5S/c1-23-13-8-11-12(24-10-15(20)18-11)9-14(13)25(21,22)17-4-7-19-5-2-16-3-6-19/h8-9,16-17H,2-7,10H2,1H3,(H,18,20). The van der Waals surface area contributed by atoms with E-state index in [2.05, 4.69) is 20.3 Å². The van der Waals surface area contributed by atoms with Crippen LogP contribution in [0.3, 0.4) is 0 Å². The Labute approximate surface area is 146 Å². The normalized spacial score (nSPS) is 18.2. The average molecular weight is 370 g/mol. The third-order valence-corrected chi connectivity index (χ3v) is 5.60. The second-order valence-corrected chi connectivity index (χ2v) is 7.56. The van der Waals surface area contributed by atoms with E-state index in [-0.39, 0.29) is 23.2 Å². The molecule has 3 rings (SSSR count). The molecule has 0 aromatic heterocycles. The topological polar surface area (TPSA) is 109 Å². The minimum atomic E-state index is -3.76. The number of carbonyl (C=O) groups excluding carboxylic acids is 1. The van der Waals surface area contributed by atoms with E-state index < -0.39 is 10.0 Å². The molecule has 25 heavy (non-hydrogen) atoms. The molecule has 2 aliphatic heterocycles. The molecule has 1 aromatic rings. The molecule has 1 fully saturated rings. The molecule has 1 saturated heterocycles. The Balaban J connectivity index is 1.73. The van der Waals surface area contributed by atoms with Gasteiger partial charge in [-0.25, -0.2) is 13.1 Å². The van der Waals surface area contributed by atoms with Gasteiger partial charge in [-0.2, -0.15) is 0 Å². The van der Waals surface area contributed by atoms with Crippen molar-refractivity contribution in [1.29, 1.82) is 0 Å². The van der Waals surface area contributed by atoms with Gasteiger partial charge in [-0.1, -0.05) is 0 Å². The number of methoxy groups -OCH3 is 1. The second kappa shape index (κ2) is 7.56. The number of hydrogen-bond acceptors (Lipinski definition) is 7. The molecular weight excluding hydrogens is 348 g/mol. The fourth-order valence-corrected chi connectivity index (χ4v) is 3.99. The second-order valence-electron chi connectivity index (χ2n) is 5.83. The highest BCUT2D eigenvalue weighted by Gasteiger charge is 2.25. The zero-order chi connectivity index (χ0) is 17.9. The van der Waals surface area contributed by atoms with Crippen LogP contribution < -0.4 is 24.8 Å².